The highest BCUT2D eigenvalue weighted by molar-refractivity contribution is 5.80. The molecule has 4 heteroatoms. The number of methoxy groups -OCH3 is 1. The van der Waals surface area contributed by atoms with Gasteiger partial charge in [0.15, 0.2) is 0 Å². The molecule has 0 atom stereocenters. The van der Waals surface area contributed by atoms with Crippen molar-refractivity contribution in [2.24, 2.45) is 0 Å². The summed E-state index contributed by atoms with van der Waals surface area (Å²) in [5.41, 5.74) is 2.03. The summed E-state index contributed by atoms with van der Waals surface area (Å²) >= 11 is 0. The molecule has 0 fully saturated rings. The van der Waals surface area contributed by atoms with E-state index in [9.17, 15) is 4.79 Å². The Hall–Kier alpha value is -1.65. The van der Waals surface area contributed by atoms with Gasteiger partial charge in [-0.2, -0.15) is 0 Å². The average Bonchev–Trinajstić information content (AvgIpc) is 2.42. The summed E-state index contributed by atoms with van der Waals surface area (Å²) in [6, 6.07) is 7.57. The highest BCUT2D eigenvalue weighted by atomic mass is 16.5. The number of ether oxygens (including phenoxy) is 2. The zero-order valence-electron chi connectivity index (χ0n) is 11.3. The van der Waals surface area contributed by atoms with Gasteiger partial charge in [0.2, 0.25) is 0 Å². The molecule has 4 nitrogen and oxygen atoms in total. The maximum absolute atomic E-state index is 11.9. The van der Waals surface area contributed by atoms with E-state index in [0.717, 1.165) is 10.9 Å². The maximum Gasteiger partial charge on any atom is 0.339 e. The Morgan fingerprint density at radius 2 is 1.95 bits per heavy atom. The van der Waals surface area contributed by atoms with E-state index in [0.29, 0.717) is 37.4 Å². The fourth-order valence-electron chi connectivity index (χ4n) is 2.05. The van der Waals surface area contributed by atoms with Gasteiger partial charge in [0.25, 0.3) is 0 Å². The molecule has 0 aliphatic heterocycles. The molecule has 1 aromatic heterocycles. The number of hydrogen-bond acceptors (Lipinski definition) is 4. The van der Waals surface area contributed by atoms with Crippen LogP contribution in [0, 0.1) is 6.92 Å². The molecule has 1 aromatic carbocycles. The monoisotopic (exact) mass is 262 g/mol. The zero-order chi connectivity index (χ0) is 13.7. The van der Waals surface area contributed by atoms with Crippen LogP contribution in [0.1, 0.15) is 11.1 Å². The van der Waals surface area contributed by atoms with Crippen molar-refractivity contribution in [3.05, 3.63) is 45.8 Å². The molecule has 0 amide bonds. The number of hydrogen-bond donors (Lipinski definition) is 0. The minimum absolute atomic E-state index is 0.272. The quantitative estimate of drug-likeness (QED) is 0.592. The van der Waals surface area contributed by atoms with Crippen molar-refractivity contribution in [3.8, 4) is 0 Å². The van der Waals surface area contributed by atoms with E-state index in [2.05, 4.69) is 0 Å². The minimum atomic E-state index is -0.272. The van der Waals surface area contributed by atoms with Crippen LogP contribution in [0.5, 0.6) is 0 Å². The van der Waals surface area contributed by atoms with Gasteiger partial charge in [0.1, 0.15) is 5.58 Å². The highest BCUT2D eigenvalue weighted by Gasteiger charge is 2.10. The van der Waals surface area contributed by atoms with E-state index < -0.39 is 0 Å². The molecule has 19 heavy (non-hydrogen) atoms. The largest absolute Gasteiger partial charge is 0.423 e. The lowest BCUT2D eigenvalue weighted by atomic mass is 10.0. The molecule has 0 saturated heterocycles. The number of para-hydroxylation sites is 1. The summed E-state index contributed by atoms with van der Waals surface area (Å²) in [5, 5.41) is 0.981. The normalized spacial score (nSPS) is 11.1. The molecule has 0 spiro atoms. The molecule has 0 unspecified atom stereocenters. The van der Waals surface area contributed by atoms with Gasteiger partial charge in [0, 0.05) is 24.5 Å². The standard InChI is InChI=1S/C15H18O4/c1-11-12-5-3-4-6-14(12)19-15(16)13(11)7-8-18-10-9-17-2/h3-6H,7-10H2,1-2H3. The van der Waals surface area contributed by atoms with Crippen LogP contribution in [0.4, 0.5) is 0 Å². The van der Waals surface area contributed by atoms with Gasteiger partial charge in [-0.3, -0.25) is 0 Å². The molecule has 0 bridgehead atoms. The van der Waals surface area contributed by atoms with Crippen LogP contribution in [-0.4, -0.2) is 26.9 Å². The summed E-state index contributed by atoms with van der Waals surface area (Å²) in [6.45, 7) is 3.54. The van der Waals surface area contributed by atoms with E-state index in [1.165, 1.54) is 0 Å². The molecule has 1 heterocycles. The molecule has 0 radical (unpaired) electrons. The van der Waals surface area contributed by atoms with E-state index in [1.54, 1.807) is 7.11 Å². The van der Waals surface area contributed by atoms with Crippen LogP contribution in [0.15, 0.2) is 33.5 Å². The first-order valence-electron chi connectivity index (χ1n) is 6.32. The zero-order valence-corrected chi connectivity index (χ0v) is 11.3. The molecular formula is C15H18O4. The Kier molecular flexibility index (Phi) is 4.71. The number of fused-ring (bicyclic) bond motifs is 1. The summed E-state index contributed by atoms with van der Waals surface area (Å²) in [6.07, 6.45) is 0.558. The van der Waals surface area contributed by atoms with Crippen molar-refractivity contribution in [1.82, 2.24) is 0 Å². The first-order valence-corrected chi connectivity index (χ1v) is 6.32. The van der Waals surface area contributed by atoms with Crippen LogP contribution in [0.25, 0.3) is 11.0 Å². The molecule has 2 rings (SSSR count). The first-order chi connectivity index (χ1) is 9.24. The van der Waals surface area contributed by atoms with Gasteiger partial charge in [-0.15, -0.1) is 0 Å². The summed E-state index contributed by atoms with van der Waals surface area (Å²) in [4.78, 5) is 11.9. The van der Waals surface area contributed by atoms with Crippen molar-refractivity contribution in [2.75, 3.05) is 26.9 Å². The van der Waals surface area contributed by atoms with Crippen LogP contribution in [-0.2, 0) is 15.9 Å². The van der Waals surface area contributed by atoms with Gasteiger partial charge in [-0.1, -0.05) is 18.2 Å². The summed E-state index contributed by atoms with van der Waals surface area (Å²) < 4.78 is 15.6. The smallest absolute Gasteiger partial charge is 0.339 e. The van der Waals surface area contributed by atoms with Crippen molar-refractivity contribution in [3.63, 3.8) is 0 Å². The fourth-order valence-corrected chi connectivity index (χ4v) is 2.05. The lowest BCUT2D eigenvalue weighted by Crippen LogP contribution is -2.14. The predicted molar refractivity (Wildman–Crippen MR) is 73.6 cm³/mol. The Bertz CT molecular complexity index is 601. The van der Waals surface area contributed by atoms with E-state index in [-0.39, 0.29) is 5.63 Å². The predicted octanol–water partition coefficient (Wildman–Crippen LogP) is 2.31. The lowest BCUT2D eigenvalue weighted by Gasteiger charge is -2.08. The first kappa shape index (κ1) is 13.8. The fraction of sp³-hybridized carbons (Fsp3) is 0.400. The summed E-state index contributed by atoms with van der Waals surface area (Å²) in [5.74, 6) is 0. The minimum Gasteiger partial charge on any atom is -0.423 e. The summed E-state index contributed by atoms with van der Waals surface area (Å²) in [7, 11) is 1.63. The van der Waals surface area contributed by atoms with Crippen molar-refractivity contribution in [2.45, 2.75) is 13.3 Å². The SMILES string of the molecule is COCCOCCc1c(C)c2ccccc2oc1=O. The Balaban J connectivity index is 2.16. The average molecular weight is 262 g/mol. The van der Waals surface area contributed by atoms with Gasteiger partial charge in [-0.05, 0) is 18.6 Å². The van der Waals surface area contributed by atoms with Gasteiger partial charge in [0.05, 0.1) is 19.8 Å². The lowest BCUT2D eigenvalue weighted by molar-refractivity contribution is 0.0720. The number of aryl methyl sites for hydroxylation is 1. The molecule has 102 valence electrons. The van der Waals surface area contributed by atoms with Crippen LogP contribution in [0.2, 0.25) is 0 Å². The van der Waals surface area contributed by atoms with Crippen LogP contribution < -0.4 is 5.63 Å². The molecular weight excluding hydrogens is 244 g/mol. The van der Waals surface area contributed by atoms with E-state index in [4.69, 9.17) is 13.9 Å². The van der Waals surface area contributed by atoms with Gasteiger partial charge in [-0.25, -0.2) is 4.79 Å². The number of benzene rings is 1. The molecule has 0 aliphatic rings. The molecule has 0 N–H and O–H groups in total. The Morgan fingerprint density at radius 1 is 1.16 bits per heavy atom. The van der Waals surface area contributed by atoms with Gasteiger partial charge < -0.3 is 13.9 Å². The number of rotatable bonds is 6. The Morgan fingerprint density at radius 3 is 2.74 bits per heavy atom. The third kappa shape index (κ3) is 3.22. The third-order valence-electron chi connectivity index (χ3n) is 3.12. The van der Waals surface area contributed by atoms with E-state index >= 15 is 0 Å². The van der Waals surface area contributed by atoms with Crippen molar-refractivity contribution < 1.29 is 13.9 Å². The van der Waals surface area contributed by atoms with Crippen molar-refractivity contribution in [1.29, 1.82) is 0 Å². The third-order valence-corrected chi connectivity index (χ3v) is 3.12. The van der Waals surface area contributed by atoms with Gasteiger partial charge >= 0.3 is 5.63 Å². The highest BCUT2D eigenvalue weighted by Crippen LogP contribution is 2.18. The Labute approximate surface area is 111 Å². The maximum atomic E-state index is 11.9. The second kappa shape index (κ2) is 6.50. The van der Waals surface area contributed by atoms with Crippen LogP contribution in [0.3, 0.4) is 0 Å². The molecule has 0 saturated carbocycles. The van der Waals surface area contributed by atoms with Crippen LogP contribution >= 0.6 is 0 Å². The molecule has 2 aromatic rings. The van der Waals surface area contributed by atoms with E-state index in [1.807, 2.05) is 31.2 Å². The molecule has 0 aliphatic carbocycles. The van der Waals surface area contributed by atoms with Crippen molar-refractivity contribution >= 4 is 11.0 Å². The topological polar surface area (TPSA) is 48.7 Å². The second-order valence-corrected chi connectivity index (χ2v) is 4.34. The second-order valence-electron chi connectivity index (χ2n) is 4.34.